The van der Waals surface area contributed by atoms with Gasteiger partial charge in [0.1, 0.15) is 6.61 Å². The number of nitrogens with zero attached hydrogens (tertiary/aromatic N) is 5. The monoisotopic (exact) mass is 593 g/mol. The van der Waals surface area contributed by atoms with Crippen LogP contribution in [0.3, 0.4) is 0 Å². The first kappa shape index (κ1) is 29.4. The van der Waals surface area contributed by atoms with Gasteiger partial charge in [-0.15, -0.1) is 11.3 Å². The highest BCUT2D eigenvalue weighted by Gasteiger charge is 2.19. The Bertz CT molecular complexity index is 1580. The number of ether oxygens (including phenoxy) is 1. The largest absolute Gasteiger partial charge is 0.465 e. The van der Waals surface area contributed by atoms with Crippen LogP contribution in [0.5, 0.6) is 0 Å². The quantitative estimate of drug-likeness (QED) is 0.166. The second-order valence-electron chi connectivity index (χ2n) is 9.83. The molecular formula is C33H31N5O4S. The summed E-state index contributed by atoms with van der Waals surface area (Å²) in [6.07, 6.45) is 4.13. The van der Waals surface area contributed by atoms with Gasteiger partial charge in [-0.25, -0.2) is 9.59 Å². The van der Waals surface area contributed by atoms with Gasteiger partial charge in [-0.1, -0.05) is 60.7 Å². The van der Waals surface area contributed by atoms with E-state index < -0.39 is 12.2 Å². The predicted molar refractivity (Wildman–Crippen MR) is 165 cm³/mol. The second-order valence-corrected chi connectivity index (χ2v) is 10.8. The number of hydrogen-bond donors (Lipinski definition) is 1. The van der Waals surface area contributed by atoms with E-state index in [4.69, 9.17) is 4.74 Å². The molecule has 0 aliphatic carbocycles. The lowest BCUT2D eigenvalue weighted by molar-refractivity contribution is 0.0919. The van der Waals surface area contributed by atoms with Crippen LogP contribution in [0, 0.1) is 0 Å². The third-order valence-electron chi connectivity index (χ3n) is 6.78. The summed E-state index contributed by atoms with van der Waals surface area (Å²) in [5.74, 6) is 0. The molecular weight excluding hydrogens is 562 g/mol. The standard InChI is InChI=1S/C33H31N5O4S/c39-32(40)37(21-25-8-12-27(13-9-25)30-6-1-3-16-35-30)18-5-19-38(33(41)42-23-29-20-34-24-43-29)22-26-10-14-28(15-11-26)31-7-2-4-17-36-31/h1-4,6-17,20,24H,5,18-19,21-23H2,(H,39,40). The van der Waals surface area contributed by atoms with Crippen LogP contribution in [-0.4, -0.2) is 55.1 Å². The van der Waals surface area contributed by atoms with E-state index in [0.29, 0.717) is 19.5 Å². The highest BCUT2D eigenvalue weighted by atomic mass is 32.1. The zero-order valence-corrected chi connectivity index (χ0v) is 24.3. The second kappa shape index (κ2) is 14.7. The van der Waals surface area contributed by atoms with Crippen molar-refractivity contribution in [1.82, 2.24) is 24.8 Å². The van der Waals surface area contributed by atoms with Crippen LogP contribution in [0.4, 0.5) is 9.59 Å². The van der Waals surface area contributed by atoms with Gasteiger partial charge in [-0.05, 0) is 41.8 Å². The first-order chi connectivity index (χ1) is 21.0. The summed E-state index contributed by atoms with van der Waals surface area (Å²) in [5.41, 5.74) is 7.17. The van der Waals surface area contributed by atoms with Crippen molar-refractivity contribution in [2.75, 3.05) is 13.1 Å². The van der Waals surface area contributed by atoms with Gasteiger partial charge in [0.15, 0.2) is 0 Å². The normalized spacial score (nSPS) is 10.7. The number of rotatable bonds is 12. The number of hydrogen-bond acceptors (Lipinski definition) is 7. The SMILES string of the molecule is O=C(O)N(CCCN(Cc1ccc(-c2ccccn2)cc1)C(=O)OCc1cncs1)Cc1ccc(-c2ccccn2)cc1. The molecule has 3 aromatic heterocycles. The maximum atomic E-state index is 13.1. The van der Waals surface area contributed by atoms with Crippen LogP contribution in [0.15, 0.2) is 109 Å². The molecule has 3 heterocycles. The molecule has 0 unspecified atom stereocenters. The number of aromatic nitrogens is 3. The molecule has 5 aromatic rings. The van der Waals surface area contributed by atoms with Crippen molar-refractivity contribution in [3.05, 3.63) is 125 Å². The first-order valence-electron chi connectivity index (χ1n) is 13.8. The Morgan fingerprint density at radius 3 is 1.79 bits per heavy atom. The van der Waals surface area contributed by atoms with E-state index in [0.717, 1.165) is 38.5 Å². The molecule has 9 nitrogen and oxygen atoms in total. The molecule has 2 amide bonds. The molecule has 43 heavy (non-hydrogen) atoms. The van der Waals surface area contributed by atoms with E-state index in [1.807, 2.05) is 84.9 Å². The number of thiazole rings is 1. The predicted octanol–water partition coefficient (Wildman–Crippen LogP) is 6.98. The number of pyridine rings is 2. The fourth-order valence-corrected chi connectivity index (χ4v) is 5.04. The third-order valence-corrected chi connectivity index (χ3v) is 7.54. The van der Waals surface area contributed by atoms with Crippen LogP contribution < -0.4 is 0 Å². The molecule has 0 saturated heterocycles. The molecule has 0 aliphatic rings. The Balaban J connectivity index is 1.21. The minimum Gasteiger partial charge on any atom is -0.465 e. The number of carbonyl (C=O) groups is 2. The van der Waals surface area contributed by atoms with Gasteiger partial charge >= 0.3 is 12.2 Å². The van der Waals surface area contributed by atoms with Crippen LogP contribution in [0.1, 0.15) is 22.4 Å². The number of benzene rings is 2. The fourth-order valence-electron chi connectivity index (χ4n) is 4.54. The van der Waals surface area contributed by atoms with Crippen molar-refractivity contribution >= 4 is 23.5 Å². The van der Waals surface area contributed by atoms with Crippen LogP contribution in [-0.2, 0) is 24.4 Å². The minimum absolute atomic E-state index is 0.133. The summed E-state index contributed by atoms with van der Waals surface area (Å²) in [4.78, 5) is 41.8. The topological polar surface area (TPSA) is 109 Å². The van der Waals surface area contributed by atoms with Gasteiger partial charge in [-0.3, -0.25) is 15.0 Å². The Labute approximate surface area is 254 Å². The van der Waals surface area contributed by atoms with Gasteiger partial charge in [0, 0.05) is 55.9 Å². The summed E-state index contributed by atoms with van der Waals surface area (Å²) in [7, 11) is 0. The molecule has 10 heteroatoms. The van der Waals surface area contributed by atoms with Crippen molar-refractivity contribution in [1.29, 1.82) is 0 Å². The average molecular weight is 594 g/mol. The van der Waals surface area contributed by atoms with Gasteiger partial charge in [-0.2, -0.15) is 0 Å². The summed E-state index contributed by atoms with van der Waals surface area (Å²) in [5, 5.41) is 9.89. The van der Waals surface area contributed by atoms with Crippen molar-refractivity contribution in [3.8, 4) is 22.5 Å². The van der Waals surface area contributed by atoms with Crippen LogP contribution in [0.2, 0.25) is 0 Å². The lowest BCUT2D eigenvalue weighted by atomic mass is 10.1. The zero-order valence-electron chi connectivity index (χ0n) is 23.5. The van der Waals surface area contributed by atoms with E-state index in [2.05, 4.69) is 15.0 Å². The zero-order chi connectivity index (χ0) is 29.9. The van der Waals surface area contributed by atoms with E-state index >= 15 is 0 Å². The summed E-state index contributed by atoms with van der Waals surface area (Å²) in [6.45, 7) is 1.28. The number of carboxylic acid groups (broad SMARTS) is 1. The summed E-state index contributed by atoms with van der Waals surface area (Å²) in [6, 6.07) is 27.1. The molecule has 0 aliphatic heterocycles. The molecule has 2 aromatic carbocycles. The number of carbonyl (C=O) groups excluding carboxylic acids is 1. The van der Waals surface area contributed by atoms with Crippen LogP contribution in [0.25, 0.3) is 22.5 Å². The molecule has 0 spiro atoms. The highest BCUT2D eigenvalue weighted by Crippen LogP contribution is 2.20. The van der Waals surface area contributed by atoms with E-state index in [1.54, 1.807) is 29.0 Å². The molecule has 0 bridgehead atoms. The molecule has 0 fully saturated rings. The first-order valence-corrected chi connectivity index (χ1v) is 14.7. The maximum absolute atomic E-state index is 13.1. The molecule has 0 radical (unpaired) electrons. The van der Waals surface area contributed by atoms with Gasteiger partial charge in [0.05, 0.1) is 21.8 Å². The van der Waals surface area contributed by atoms with Crippen molar-refractivity contribution < 1.29 is 19.4 Å². The van der Waals surface area contributed by atoms with E-state index in [1.165, 1.54) is 16.2 Å². The van der Waals surface area contributed by atoms with Crippen molar-refractivity contribution in [2.24, 2.45) is 0 Å². The minimum atomic E-state index is -1.02. The van der Waals surface area contributed by atoms with E-state index in [-0.39, 0.29) is 19.7 Å². The molecule has 5 rings (SSSR count). The Kier molecular flexibility index (Phi) is 10.0. The lowest BCUT2D eigenvalue weighted by Gasteiger charge is -2.25. The lowest BCUT2D eigenvalue weighted by Crippen LogP contribution is -2.35. The number of amides is 2. The fraction of sp³-hybridized carbons (Fsp3) is 0.182. The Morgan fingerprint density at radius 2 is 1.30 bits per heavy atom. The van der Waals surface area contributed by atoms with E-state index in [9.17, 15) is 14.7 Å². The molecule has 0 atom stereocenters. The Morgan fingerprint density at radius 1 is 0.744 bits per heavy atom. The average Bonchev–Trinajstić information content (AvgIpc) is 3.58. The van der Waals surface area contributed by atoms with Gasteiger partial charge < -0.3 is 19.6 Å². The van der Waals surface area contributed by atoms with Crippen molar-refractivity contribution in [3.63, 3.8) is 0 Å². The van der Waals surface area contributed by atoms with Gasteiger partial charge in [0.2, 0.25) is 0 Å². The molecule has 0 saturated carbocycles. The van der Waals surface area contributed by atoms with Gasteiger partial charge in [0.25, 0.3) is 0 Å². The highest BCUT2D eigenvalue weighted by molar-refractivity contribution is 7.09. The summed E-state index contributed by atoms with van der Waals surface area (Å²) >= 11 is 1.42. The van der Waals surface area contributed by atoms with Crippen molar-refractivity contribution in [2.45, 2.75) is 26.1 Å². The summed E-state index contributed by atoms with van der Waals surface area (Å²) < 4.78 is 5.57. The van der Waals surface area contributed by atoms with Crippen LogP contribution >= 0.6 is 11.3 Å². The molecule has 1 N–H and O–H groups in total. The Hall–Kier alpha value is -5.09. The maximum Gasteiger partial charge on any atom is 0.410 e. The molecule has 218 valence electrons. The smallest absolute Gasteiger partial charge is 0.410 e. The third kappa shape index (κ3) is 8.46.